The zero-order valence-corrected chi connectivity index (χ0v) is 15.9. The predicted octanol–water partition coefficient (Wildman–Crippen LogP) is 4.07. The summed E-state index contributed by atoms with van der Waals surface area (Å²) in [4.78, 5) is 2.25. The Morgan fingerprint density at radius 3 is 2.56 bits per heavy atom. The van der Waals surface area contributed by atoms with E-state index in [1.54, 1.807) is 0 Å². The van der Waals surface area contributed by atoms with Crippen LogP contribution in [0.5, 0.6) is 0 Å². The predicted molar refractivity (Wildman–Crippen MR) is 106 cm³/mol. The fourth-order valence-electron chi connectivity index (χ4n) is 3.58. The van der Waals surface area contributed by atoms with Gasteiger partial charge in [-0.2, -0.15) is 0 Å². The molecule has 0 aromatic heterocycles. The first kappa shape index (κ1) is 17.0. The van der Waals surface area contributed by atoms with Crippen LogP contribution < -0.4 is 4.90 Å². The van der Waals surface area contributed by atoms with Gasteiger partial charge in [-0.3, -0.25) is 0 Å². The van der Waals surface area contributed by atoms with E-state index in [1.165, 1.54) is 5.56 Å². The molecule has 0 bridgehead atoms. The Bertz CT molecular complexity index is 803. The summed E-state index contributed by atoms with van der Waals surface area (Å²) in [5.74, 6) is 1.09. The monoisotopic (exact) mass is 373 g/mol. The lowest BCUT2D eigenvalue weighted by Crippen LogP contribution is -2.41. The molecule has 0 saturated heterocycles. The molecule has 3 nitrogen and oxygen atoms in total. The molecule has 2 heterocycles. The summed E-state index contributed by atoms with van der Waals surface area (Å²) in [5, 5.41) is 13.4. The molecule has 0 spiro atoms. The maximum Gasteiger partial charge on any atom is 0.316 e. The number of rotatable bonds is 3. The van der Waals surface area contributed by atoms with Gasteiger partial charge >= 0.3 is 5.17 Å². The van der Waals surface area contributed by atoms with E-state index >= 15 is 0 Å². The van der Waals surface area contributed by atoms with Gasteiger partial charge in [0.1, 0.15) is 5.69 Å². The Balaban J connectivity index is 1.75. The first-order chi connectivity index (χ1) is 12.1. The number of aryl methyl sites for hydroxylation is 1. The number of β-amino-alcohol motifs (C(OH)–C–C–N with tert-alkyl or cyclic N) is 1. The van der Waals surface area contributed by atoms with Gasteiger partial charge in [-0.05, 0) is 54.4 Å². The van der Waals surface area contributed by atoms with Crippen molar-refractivity contribution in [3.8, 4) is 0 Å². The Labute approximate surface area is 157 Å². The van der Waals surface area contributed by atoms with E-state index in [1.807, 2.05) is 36.0 Å². The van der Waals surface area contributed by atoms with Crippen LogP contribution in [0.4, 0.5) is 5.69 Å². The van der Waals surface area contributed by atoms with E-state index < -0.39 is 5.72 Å². The maximum atomic E-state index is 11.6. The van der Waals surface area contributed by atoms with Gasteiger partial charge in [0, 0.05) is 16.3 Å². The second-order valence-corrected chi connectivity index (χ2v) is 8.06. The van der Waals surface area contributed by atoms with Crippen LogP contribution in [-0.4, -0.2) is 33.7 Å². The van der Waals surface area contributed by atoms with Crippen LogP contribution >= 0.6 is 23.4 Å². The summed E-state index contributed by atoms with van der Waals surface area (Å²) in [7, 11) is 0. The molecule has 25 heavy (non-hydrogen) atoms. The number of nitrogens with zero attached hydrogens (tertiary/aromatic N) is 2. The summed E-state index contributed by atoms with van der Waals surface area (Å²) in [6, 6.07) is 16.2. The minimum atomic E-state index is -1.02. The van der Waals surface area contributed by atoms with Gasteiger partial charge in [0.15, 0.2) is 6.54 Å². The van der Waals surface area contributed by atoms with E-state index in [9.17, 15) is 5.11 Å². The van der Waals surface area contributed by atoms with Crippen LogP contribution in [0.2, 0.25) is 5.02 Å². The summed E-state index contributed by atoms with van der Waals surface area (Å²) >= 11 is 7.87. The number of benzene rings is 2. The zero-order valence-electron chi connectivity index (χ0n) is 14.3. The van der Waals surface area contributed by atoms with Gasteiger partial charge < -0.3 is 5.11 Å². The molecule has 0 amide bonds. The number of hydrogen-bond acceptors (Lipinski definition) is 3. The van der Waals surface area contributed by atoms with Crippen LogP contribution in [0.25, 0.3) is 0 Å². The first-order valence-electron chi connectivity index (χ1n) is 8.74. The normalized spacial score (nSPS) is 23.1. The summed E-state index contributed by atoms with van der Waals surface area (Å²) in [5.41, 5.74) is 2.34. The zero-order chi connectivity index (χ0) is 17.4. The van der Waals surface area contributed by atoms with Crippen molar-refractivity contribution in [3.05, 3.63) is 64.7 Å². The Morgan fingerprint density at radius 2 is 1.88 bits per heavy atom. The Morgan fingerprint density at radius 1 is 1.16 bits per heavy atom. The number of hydrogen-bond donors (Lipinski definition) is 1. The van der Waals surface area contributed by atoms with Gasteiger partial charge in [0.2, 0.25) is 0 Å². The summed E-state index contributed by atoms with van der Waals surface area (Å²) in [6.07, 6.45) is 2.11. The minimum absolute atomic E-state index is 0.530. The fraction of sp³-hybridized carbons (Fsp3) is 0.350. The highest BCUT2D eigenvalue weighted by Gasteiger charge is 2.53. The second kappa shape index (κ2) is 6.67. The first-order valence-corrected chi connectivity index (χ1v) is 10.1. The summed E-state index contributed by atoms with van der Waals surface area (Å²) < 4.78 is 2.15. The van der Waals surface area contributed by atoms with Gasteiger partial charge in [0.05, 0.1) is 6.54 Å². The smallest absolute Gasteiger partial charge is 0.316 e. The van der Waals surface area contributed by atoms with Crippen molar-refractivity contribution in [2.24, 2.45) is 0 Å². The number of halogens is 1. The van der Waals surface area contributed by atoms with Crippen molar-refractivity contribution in [2.75, 3.05) is 23.7 Å². The number of amidine groups is 1. The van der Waals surface area contributed by atoms with Crippen LogP contribution in [0.1, 0.15) is 24.5 Å². The highest BCUT2D eigenvalue weighted by Crippen LogP contribution is 2.37. The Kier molecular flexibility index (Phi) is 4.52. The Hall–Kier alpha value is -1.49. The molecule has 0 unspecified atom stereocenters. The lowest BCUT2D eigenvalue weighted by Gasteiger charge is -2.24. The molecule has 1 N–H and O–H groups in total. The third kappa shape index (κ3) is 2.97. The van der Waals surface area contributed by atoms with Crippen LogP contribution in [0.15, 0.2) is 48.5 Å². The van der Waals surface area contributed by atoms with Crippen LogP contribution in [0, 0.1) is 0 Å². The molecular formula is C20H22ClN2OS+. The minimum Gasteiger partial charge on any atom is -0.346 e. The molecule has 2 aromatic rings. The van der Waals surface area contributed by atoms with E-state index in [2.05, 4.69) is 40.7 Å². The molecule has 0 aliphatic carbocycles. The SMILES string of the molecule is CCc1ccc(N2C[C@@](O)(c3ccc(Cl)cc3)[N+]3=C2SCCC3)cc1. The molecule has 5 heteroatoms. The van der Waals surface area contributed by atoms with Crippen molar-refractivity contribution in [3.63, 3.8) is 0 Å². The third-order valence-corrected chi connectivity index (χ3v) is 6.45. The fourth-order valence-corrected chi connectivity index (χ4v) is 4.88. The average molecular weight is 374 g/mol. The topological polar surface area (TPSA) is 26.5 Å². The molecule has 130 valence electrons. The van der Waals surface area contributed by atoms with Crippen molar-refractivity contribution in [2.45, 2.75) is 25.5 Å². The van der Waals surface area contributed by atoms with Crippen molar-refractivity contribution < 1.29 is 9.68 Å². The largest absolute Gasteiger partial charge is 0.346 e. The number of aliphatic hydroxyl groups is 1. The highest BCUT2D eigenvalue weighted by atomic mass is 35.5. The molecular weight excluding hydrogens is 352 g/mol. The molecule has 1 atom stereocenters. The van der Waals surface area contributed by atoms with Gasteiger partial charge in [-0.15, -0.1) is 0 Å². The van der Waals surface area contributed by atoms with Gasteiger partial charge in [-0.1, -0.05) is 42.8 Å². The van der Waals surface area contributed by atoms with Gasteiger partial charge in [-0.25, -0.2) is 9.48 Å². The third-order valence-electron chi connectivity index (χ3n) is 5.01. The quantitative estimate of drug-likeness (QED) is 0.821. The standard InChI is InChI=1S/C20H22ClN2OS/c1-2-15-4-10-18(11-5-15)22-14-20(24,16-6-8-17(21)9-7-16)23-12-3-13-25-19(22)23/h4-11,24H,2-3,12-14H2,1H3/q+1/t20-/m1/s1. The second-order valence-electron chi connectivity index (χ2n) is 6.57. The molecule has 0 radical (unpaired) electrons. The lowest BCUT2D eigenvalue weighted by molar-refractivity contribution is -0.656. The maximum absolute atomic E-state index is 11.6. The van der Waals surface area contributed by atoms with Crippen molar-refractivity contribution in [1.29, 1.82) is 0 Å². The van der Waals surface area contributed by atoms with Crippen LogP contribution in [0.3, 0.4) is 0 Å². The number of thioether (sulfide) groups is 1. The van der Waals surface area contributed by atoms with E-state index in [0.717, 1.165) is 41.6 Å². The molecule has 0 fully saturated rings. The van der Waals surface area contributed by atoms with Crippen LogP contribution in [-0.2, 0) is 12.1 Å². The van der Waals surface area contributed by atoms with E-state index in [-0.39, 0.29) is 0 Å². The molecule has 2 aliphatic heterocycles. The number of anilines is 1. The molecule has 4 rings (SSSR count). The van der Waals surface area contributed by atoms with Crippen molar-refractivity contribution >= 4 is 34.2 Å². The van der Waals surface area contributed by atoms with Crippen molar-refractivity contribution in [1.82, 2.24) is 0 Å². The van der Waals surface area contributed by atoms with Gasteiger partial charge in [0.25, 0.3) is 5.72 Å². The van der Waals surface area contributed by atoms with E-state index in [4.69, 9.17) is 11.6 Å². The summed E-state index contributed by atoms with van der Waals surface area (Å²) in [6.45, 7) is 3.56. The molecule has 0 saturated carbocycles. The molecule has 2 aromatic carbocycles. The average Bonchev–Trinajstić information content (AvgIpc) is 2.97. The highest BCUT2D eigenvalue weighted by molar-refractivity contribution is 8.13. The molecule has 2 aliphatic rings. The van der Waals surface area contributed by atoms with E-state index in [0.29, 0.717) is 11.6 Å². The lowest BCUT2D eigenvalue weighted by atomic mass is 10.0.